The van der Waals surface area contributed by atoms with Gasteiger partial charge in [-0.05, 0) is 53.0 Å². The quantitative estimate of drug-likeness (QED) is 0.242. The van der Waals surface area contributed by atoms with Gasteiger partial charge in [0.1, 0.15) is 0 Å². The minimum Gasteiger partial charge on any atom is -1.00 e. The summed E-state index contributed by atoms with van der Waals surface area (Å²) in [7, 11) is 0. The number of allylic oxidation sites excluding steroid dienone is 6. The Bertz CT molecular complexity index is 2190. The van der Waals surface area contributed by atoms with Gasteiger partial charge in [-0.15, -0.1) is 11.1 Å². The van der Waals surface area contributed by atoms with Gasteiger partial charge in [0.25, 0.3) is 0 Å². The summed E-state index contributed by atoms with van der Waals surface area (Å²) in [6, 6.07) is 24.0. The van der Waals surface area contributed by atoms with Gasteiger partial charge in [-0.25, -0.2) is 24.1 Å². The van der Waals surface area contributed by atoms with Gasteiger partial charge in [-0.1, -0.05) is 108 Å². The maximum atomic E-state index is 2.48. The van der Waals surface area contributed by atoms with Crippen molar-refractivity contribution in [3.63, 3.8) is 0 Å². The van der Waals surface area contributed by atoms with Crippen LogP contribution in [0.3, 0.4) is 0 Å². The average Bonchev–Trinajstić information content (AvgIpc) is 3.81. The van der Waals surface area contributed by atoms with Crippen molar-refractivity contribution >= 4 is 26.0 Å². The Kier molecular flexibility index (Phi) is 13.0. The zero-order chi connectivity index (χ0) is 37.0. The Balaban J connectivity index is 0.000000194. The number of fused-ring (bicyclic) bond motifs is 7. The number of hydrogen-bond acceptors (Lipinski definition) is 0. The first-order chi connectivity index (χ1) is 23.9. The Morgan fingerprint density at radius 1 is 0.774 bits per heavy atom. The van der Waals surface area contributed by atoms with Crippen molar-refractivity contribution in [1.29, 1.82) is 0 Å². The van der Waals surface area contributed by atoms with Crippen molar-refractivity contribution in [2.75, 3.05) is 0 Å². The summed E-state index contributed by atoms with van der Waals surface area (Å²) in [6.07, 6.45) is 14.3. The van der Waals surface area contributed by atoms with Crippen molar-refractivity contribution in [2.45, 2.75) is 107 Å². The zero-order valence-electron chi connectivity index (χ0n) is 33.9. The number of halogens is 2. The van der Waals surface area contributed by atoms with Crippen LogP contribution in [-0.2, 0) is 41.5 Å². The SMILES string of the molecule is CC1=CC=c2c1c1c(c3c2=C(C)[CH-]C3(C)C)CC2=C1CC(C)(C)C=C2.Cc1ccc([C](=[Zr+2])c2ccc(C)cc2)cc1.Cc1ccc[c-]1C(C)(C)C.[Cl-].[Cl-]. The predicted octanol–water partition coefficient (Wildman–Crippen LogP) is 5.28. The molecule has 0 amide bonds. The van der Waals surface area contributed by atoms with Gasteiger partial charge in [0.15, 0.2) is 0 Å². The van der Waals surface area contributed by atoms with Crippen LogP contribution in [0.2, 0.25) is 0 Å². The van der Waals surface area contributed by atoms with Crippen LogP contribution in [0, 0.1) is 32.6 Å². The molecule has 8 rings (SSSR count). The minimum absolute atomic E-state index is 0. The summed E-state index contributed by atoms with van der Waals surface area (Å²) >= 11 is 1.46. The van der Waals surface area contributed by atoms with E-state index in [-0.39, 0.29) is 35.6 Å². The molecule has 53 heavy (non-hydrogen) atoms. The Hall–Kier alpha value is -2.83. The van der Waals surface area contributed by atoms with E-state index in [0.717, 1.165) is 12.8 Å². The molecule has 0 aliphatic heterocycles. The summed E-state index contributed by atoms with van der Waals surface area (Å²) < 4.78 is 1.42. The zero-order valence-corrected chi connectivity index (χ0v) is 37.9. The summed E-state index contributed by atoms with van der Waals surface area (Å²) in [5, 5.41) is 3.00. The molecule has 4 aliphatic rings. The molecule has 0 saturated carbocycles. The first kappa shape index (κ1) is 42.9. The molecule has 0 N–H and O–H groups in total. The van der Waals surface area contributed by atoms with E-state index in [2.05, 4.69) is 181 Å². The molecule has 4 aliphatic carbocycles. The molecule has 0 aromatic heterocycles. The topological polar surface area (TPSA) is 0 Å². The van der Waals surface area contributed by atoms with E-state index in [1.807, 2.05) is 0 Å². The van der Waals surface area contributed by atoms with E-state index in [4.69, 9.17) is 0 Å². The molecular formula is C50H56Cl2Zr-2. The number of hydrogen-bond donors (Lipinski definition) is 0. The van der Waals surface area contributed by atoms with E-state index < -0.39 is 0 Å². The molecule has 0 spiro atoms. The molecule has 0 atom stereocenters. The fourth-order valence-corrected chi connectivity index (χ4v) is 9.44. The fourth-order valence-electron chi connectivity index (χ4n) is 8.62. The average molecular weight is 819 g/mol. The molecule has 0 fully saturated rings. The van der Waals surface area contributed by atoms with E-state index in [1.165, 1.54) is 88.0 Å². The van der Waals surface area contributed by atoms with E-state index in [9.17, 15) is 0 Å². The summed E-state index contributed by atoms with van der Waals surface area (Å²) in [5.74, 6) is 0. The van der Waals surface area contributed by atoms with E-state index in [0.29, 0.717) is 5.41 Å². The van der Waals surface area contributed by atoms with Gasteiger partial charge >= 0.3 is 112 Å². The maximum absolute atomic E-state index is 2.48. The number of benzene rings is 3. The van der Waals surface area contributed by atoms with Crippen LogP contribution >= 0.6 is 0 Å². The van der Waals surface area contributed by atoms with Crippen LogP contribution < -0.4 is 35.3 Å². The van der Waals surface area contributed by atoms with Gasteiger partial charge in [-0.2, -0.15) is 16.8 Å². The third kappa shape index (κ3) is 8.70. The third-order valence-corrected chi connectivity index (χ3v) is 12.5. The third-order valence-electron chi connectivity index (χ3n) is 11.1. The standard InChI is InChI=1S/C25H27.C15H14.C10H15.2ClH.Zr/c1-14-7-8-17-20(14)22-18(23-21(17)15(2)12-25(23,5)6)11-16-9-10-24(3,4)13-19(16)22;1-12-3-7-14(8-4-12)11-15-9-5-13(2)6-10-15;1-8-6-5-7-9(8)10(2,3)4;;;/h7-10,12H,11,13H2,1-6H3;3-10H,1-2H3;5-7H,1-4H3;2*1H;/q-1;;-1;;;+2/p-2. The second-order valence-electron chi connectivity index (χ2n) is 17.6. The smallest absolute Gasteiger partial charge is 0.0583 e. The largest absolute Gasteiger partial charge is 1.00 e. The monoisotopic (exact) mass is 816 g/mol. The first-order valence-corrected chi connectivity index (χ1v) is 19.9. The van der Waals surface area contributed by atoms with Gasteiger partial charge in [0, 0.05) is 0 Å². The fraction of sp³-hybridized carbons (Fsp3) is 0.340. The van der Waals surface area contributed by atoms with Crippen LogP contribution in [0.5, 0.6) is 0 Å². The van der Waals surface area contributed by atoms with Crippen molar-refractivity contribution in [1.82, 2.24) is 0 Å². The Labute approximate surface area is 347 Å². The summed E-state index contributed by atoms with van der Waals surface area (Å²) in [5.41, 5.74) is 21.3. The van der Waals surface area contributed by atoms with Crippen molar-refractivity contribution in [3.8, 4) is 0 Å². The molecule has 0 unspecified atom stereocenters. The summed E-state index contributed by atoms with van der Waals surface area (Å²) in [6.45, 7) is 27.2. The van der Waals surface area contributed by atoms with Crippen molar-refractivity contribution < 1.29 is 49.0 Å². The van der Waals surface area contributed by atoms with Crippen LogP contribution in [0.25, 0.3) is 22.8 Å². The van der Waals surface area contributed by atoms with Gasteiger partial charge in [0.05, 0.1) is 0 Å². The van der Waals surface area contributed by atoms with Crippen LogP contribution in [0.4, 0.5) is 0 Å². The van der Waals surface area contributed by atoms with Crippen LogP contribution in [-0.4, -0.2) is 3.21 Å². The molecule has 4 aromatic carbocycles. The molecular weight excluding hydrogens is 763 g/mol. The Morgan fingerprint density at radius 2 is 1.34 bits per heavy atom. The molecule has 0 radical (unpaired) electrons. The normalized spacial score (nSPS) is 16.5. The van der Waals surface area contributed by atoms with E-state index in [1.54, 1.807) is 27.8 Å². The molecule has 0 saturated heterocycles. The van der Waals surface area contributed by atoms with Crippen LogP contribution in [0.15, 0.2) is 90.5 Å². The molecule has 0 bridgehead atoms. The number of aryl methyl sites for hydroxylation is 3. The van der Waals surface area contributed by atoms with Crippen LogP contribution in [0.1, 0.15) is 124 Å². The van der Waals surface area contributed by atoms with Gasteiger partial charge in [-0.3, -0.25) is 0 Å². The second-order valence-corrected chi connectivity index (χ2v) is 18.8. The Morgan fingerprint density at radius 3 is 1.83 bits per heavy atom. The maximum Gasteiger partial charge on any atom is -0.0583 e. The van der Waals surface area contributed by atoms with Crippen molar-refractivity contribution in [2.24, 2.45) is 5.41 Å². The first-order valence-electron chi connectivity index (χ1n) is 18.7. The molecule has 0 nitrogen and oxygen atoms in total. The summed E-state index contributed by atoms with van der Waals surface area (Å²) in [4.78, 5) is 0. The van der Waals surface area contributed by atoms with Crippen molar-refractivity contribution in [3.05, 3.63) is 163 Å². The minimum atomic E-state index is 0. The molecule has 0 heterocycles. The second kappa shape index (κ2) is 16.1. The van der Waals surface area contributed by atoms with E-state index >= 15 is 0 Å². The van der Waals surface area contributed by atoms with Gasteiger partial charge in [0.2, 0.25) is 0 Å². The molecule has 276 valence electrons. The molecule has 4 aromatic rings. The molecule has 3 heteroatoms. The number of rotatable bonds is 2. The predicted molar refractivity (Wildman–Crippen MR) is 219 cm³/mol. The van der Waals surface area contributed by atoms with Gasteiger partial charge < -0.3 is 24.8 Å².